The van der Waals surface area contributed by atoms with Crippen molar-refractivity contribution in [3.8, 4) is 0 Å². The van der Waals surface area contributed by atoms with Crippen LogP contribution in [-0.4, -0.2) is 73.1 Å². The molecule has 0 spiro atoms. The SMILES string of the molecule is CC1CNC(C(=O)N2CCN3CCCCC3C2)CN1. The van der Waals surface area contributed by atoms with Crippen LogP contribution in [0.5, 0.6) is 0 Å². The van der Waals surface area contributed by atoms with Gasteiger partial charge in [-0.1, -0.05) is 6.42 Å². The third kappa shape index (κ3) is 2.93. The second-order valence-electron chi connectivity index (χ2n) is 6.24. The molecule has 0 radical (unpaired) electrons. The van der Waals surface area contributed by atoms with Gasteiger partial charge in [-0.05, 0) is 26.3 Å². The third-order valence-electron chi connectivity index (χ3n) is 4.79. The summed E-state index contributed by atoms with van der Waals surface area (Å²) in [5, 5.41) is 6.76. The van der Waals surface area contributed by atoms with E-state index in [-0.39, 0.29) is 6.04 Å². The summed E-state index contributed by atoms with van der Waals surface area (Å²) in [5.41, 5.74) is 0. The van der Waals surface area contributed by atoms with Gasteiger partial charge in [0.2, 0.25) is 5.91 Å². The zero-order valence-electron chi connectivity index (χ0n) is 11.9. The summed E-state index contributed by atoms with van der Waals surface area (Å²) in [4.78, 5) is 17.2. The Hall–Kier alpha value is -0.650. The number of nitrogens with one attached hydrogen (secondary N) is 2. The van der Waals surface area contributed by atoms with Gasteiger partial charge in [-0.2, -0.15) is 0 Å². The molecule has 3 aliphatic heterocycles. The lowest BCUT2D eigenvalue weighted by molar-refractivity contribution is -0.137. The first-order valence-corrected chi connectivity index (χ1v) is 7.73. The fourth-order valence-electron chi connectivity index (χ4n) is 3.53. The summed E-state index contributed by atoms with van der Waals surface area (Å²) in [7, 11) is 0. The minimum absolute atomic E-state index is 0.0219. The Balaban J connectivity index is 1.55. The van der Waals surface area contributed by atoms with Gasteiger partial charge in [0, 0.05) is 44.8 Å². The van der Waals surface area contributed by atoms with Crippen LogP contribution in [0.3, 0.4) is 0 Å². The summed E-state index contributed by atoms with van der Waals surface area (Å²) in [5.74, 6) is 0.296. The lowest BCUT2D eigenvalue weighted by atomic mass is 9.99. The fourth-order valence-corrected chi connectivity index (χ4v) is 3.53. The maximum absolute atomic E-state index is 12.5. The summed E-state index contributed by atoms with van der Waals surface area (Å²) >= 11 is 0. The predicted molar refractivity (Wildman–Crippen MR) is 75.0 cm³/mol. The molecule has 0 aromatic rings. The molecule has 2 N–H and O–H groups in total. The molecular formula is C14H26N4O. The van der Waals surface area contributed by atoms with Crippen molar-refractivity contribution in [3.63, 3.8) is 0 Å². The molecule has 0 saturated carbocycles. The summed E-state index contributed by atoms with van der Waals surface area (Å²) in [6.45, 7) is 7.94. The number of piperidine rings is 1. The molecule has 0 aliphatic carbocycles. The number of nitrogens with zero attached hydrogens (tertiary/aromatic N) is 2. The third-order valence-corrected chi connectivity index (χ3v) is 4.79. The minimum atomic E-state index is -0.0219. The van der Waals surface area contributed by atoms with Crippen LogP contribution in [0.2, 0.25) is 0 Å². The topological polar surface area (TPSA) is 47.6 Å². The number of carbonyl (C=O) groups excluding carboxylic acids is 1. The molecule has 0 aromatic heterocycles. The summed E-state index contributed by atoms with van der Waals surface area (Å²) < 4.78 is 0. The lowest BCUT2D eigenvalue weighted by Crippen LogP contribution is -2.63. The van der Waals surface area contributed by atoms with E-state index in [1.165, 1.54) is 25.8 Å². The second kappa shape index (κ2) is 5.77. The fraction of sp³-hybridized carbons (Fsp3) is 0.929. The van der Waals surface area contributed by atoms with E-state index in [0.717, 1.165) is 32.7 Å². The van der Waals surface area contributed by atoms with E-state index in [1.807, 2.05) is 0 Å². The van der Waals surface area contributed by atoms with E-state index in [4.69, 9.17) is 0 Å². The second-order valence-corrected chi connectivity index (χ2v) is 6.24. The Morgan fingerprint density at radius 2 is 2.00 bits per heavy atom. The molecule has 0 aromatic carbocycles. The molecule has 5 nitrogen and oxygen atoms in total. The minimum Gasteiger partial charge on any atom is -0.338 e. The Morgan fingerprint density at radius 1 is 1.11 bits per heavy atom. The molecule has 3 aliphatic rings. The molecule has 0 bridgehead atoms. The van der Waals surface area contributed by atoms with Gasteiger partial charge in [-0.3, -0.25) is 9.69 Å². The number of rotatable bonds is 1. The van der Waals surface area contributed by atoms with Gasteiger partial charge in [0.05, 0.1) is 6.04 Å². The molecule has 19 heavy (non-hydrogen) atoms. The highest BCUT2D eigenvalue weighted by atomic mass is 16.2. The maximum Gasteiger partial charge on any atom is 0.241 e. The van der Waals surface area contributed by atoms with Crippen molar-refractivity contribution in [2.75, 3.05) is 39.3 Å². The van der Waals surface area contributed by atoms with E-state index in [2.05, 4.69) is 27.4 Å². The van der Waals surface area contributed by atoms with Crippen molar-refractivity contribution in [1.29, 1.82) is 0 Å². The zero-order valence-corrected chi connectivity index (χ0v) is 11.9. The highest BCUT2D eigenvalue weighted by Gasteiger charge is 2.34. The van der Waals surface area contributed by atoms with Gasteiger partial charge in [-0.15, -0.1) is 0 Å². The first-order chi connectivity index (χ1) is 9.24. The molecule has 3 unspecified atom stereocenters. The van der Waals surface area contributed by atoms with Crippen LogP contribution in [0.4, 0.5) is 0 Å². The van der Waals surface area contributed by atoms with Gasteiger partial charge < -0.3 is 15.5 Å². The van der Waals surface area contributed by atoms with Crippen LogP contribution in [-0.2, 0) is 4.79 Å². The predicted octanol–water partition coefficient (Wildman–Crippen LogP) is -0.367. The standard InChI is InChI=1S/C14H26N4O/c1-11-8-16-13(9-15-11)14(19)18-7-6-17-5-3-2-4-12(17)10-18/h11-13,15-16H,2-10H2,1H3. The van der Waals surface area contributed by atoms with Crippen molar-refractivity contribution in [3.05, 3.63) is 0 Å². The molecule has 1 amide bonds. The van der Waals surface area contributed by atoms with E-state index >= 15 is 0 Å². The maximum atomic E-state index is 12.5. The Bertz CT molecular complexity index is 327. The van der Waals surface area contributed by atoms with Crippen molar-refractivity contribution in [1.82, 2.24) is 20.4 Å². The first-order valence-electron chi connectivity index (χ1n) is 7.73. The molecule has 3 fully saturated rings. The molecule has 3 atom stereocenters. The lowest BCUT2D eigenvalue weighted by Gasteiger charge is -2.45. The average Bonchev–Trinajstić information content (AvgIpc) is 2.47. The van der Waals surface area contributed by atoms with Gasteiger partial charge in [0.15, 0.2) is 0 Å². The molecule has 3 heterocycles. The van der Waals surface area contributed by atoms with Crippen molar-refractivity contribution < 1.29 is 4.79 Å². The molecular weight excluding hydrogens is 240 g/mol. The number of fused-ring (bicyclic) bond motifs is 1. The highest BCUT2D eigenvalue weighted by molar-refractivity contribution is 5.82. The van der Waals surface area contributed by atoms with Gasteiger partial charge in [0.1, 0.15) is 0 Å². The van der Waals surface area contributed by atoms with E-state index in [9.17, 15) is 4.79 Å². The van der Waals surface area contributed by atoms with Gasteiger partial charge in [-0.25, -0.2) is 0 Å². The smallest absolute Gasteiger partial charge is 0.241 e. The normalized spacial score (nSPS) is 36.9. The zero-order chi connectivity index (χ0) is 13.2. The van der Waals surface area contributed by atoms with Crippen LogP contribution in [0, 0.1) is 0 Å². The quantitative estimate of drug-likeness (QED) is 0.680. The van der Waals surface area contributed by atoms with Crippen LogP contribution in [0.15, 0.2) is 0 Å². The van der Waals surface area contributed by atoms with E-state index in [0.29, 0.717) is 18.0 Å². The summed E-state index contributed by atoms with van der Waals surface area (Å²) in [6.07, 6.45) is 3.91. The van der Waals surface area contributed by atoms with Crippen LogP contribution in [0.1, 0.15) is 26.2 Å². The molecule has 5 heteroatoms. The number of amides is 1. The largest absolute Gasteiger partial charge is 0.338 e. The van der Waals surface area contributed by atoms with Crippen LogP contribution < -0.4 is 10.6 Å². The van der Waals surface area contributed by atoms with E-state index in [1.54, 1.807) is 0 Å². The Labute approximate surface area is 115 Å². The molecule has 3 rings (SSSR count). The van der Waals surface area contributed by atoms with Crippen molar-refractivity contribution in [2.24, 2.45) is 0 Å². The van der Waals surface area contributed by atoms with Gasteiger partial charge in [0.25, 0.3) is 0 Å². The Morgan fingerprint density at radius 3 is 2.79 bits per heavy atom. The van der Waals surface area contributed by atoms with Crippen LogP contribution >= 0.6 is 0 Å². The van der Waals surface area contributed by atoms with Crippen LogP contribution in [0.25, 0.3) is 0 Å². The number of hydrogen-bond acceptors (Lipinski definition) is 4. The number of piperazine rings is 2. The Kier molecular flexibility index (Phi) is 4.05. The monoisotopic (exact) mass is 266 g/mol. The average molecular weight is 266 g/mol. The first kappa shape index (κ1) is 13.3. The summed E-state index contributed by atoms with van der Waals surface area (Å²) in [6, 6.07) is 1.06. The van der Waals surface area contributed by atoms with Gasteiger partial charge >= 0.3 is 0 Å². The molecule has 108 valence electrons. The van der Waals surface area contributed by atoms with Crippen molar-refractivity contribution in [2.45, 2.75) is 44.3 Å². The highest BCUT2D eigenvalue weighted by Crippen LogP contribution is 2.21. The number of carbonyl (C=O) groups is 1. The van der Waals surface area contributed by atoms with Crippen molar-refractivity contribution >= 4 is 5.91 Å². The number of hydrogen-bond donors (Lipinski definition) is 2. The molecule has 3 saturated heterocycles. The van der Waals surface area contributed by atoms with E-state index < -0.39 is 0 Å².